The Bertz CT molecular complexity index is 259. The first-order valence-electron chi connectivity index (χ1n) is 7.62. The molecule has 0 saturated carbocycles. The minimum atomic E-state index is -0.248. The second-order valence-electron chi connectivity index (χ2n) is 5.96. The van der Waals surface area contributed by atoms with Gasteiger partial charge in [0.05, 0.1) is 12.7 Å². The number of ether oxygens (including phenoxy) is 2. The van der Waals surface area contributed by atoms with Crippen molar-refractivity contribution in [1.82, 2.24) is 0 Å². The summed E-state index contributed by atoms with van der Waals surface area (Å²) in [5.41, 5.74) is 1.41. The molecule has 0 aliphatic carbocycles. The van der Waals surface area contributed by atoms with Gasteiger partial charge in [0.1, 0.15) is 0 Å². The lowest BCUT2D eigenvalue weighted by Crippen LogP contribution is -2.31. The van der Waals surface area contributed by atoms with E-state index in [1.807, 2.05) is 0 Å². The number of hydrogen-bond acceptors (Lipinski definition) is 3. The quantitative estimate of drug-likeness (QED) is 0.540. The highest BCUT2D eigenvalue weighted by atomic mass is 16.7. The van der Waals surface area contributed by atoms with Gasteiger partial charge in [0.2, 0.25) is 0 Å². The van der Waals surface area contributed by atoms with Gasteiger partial charge in [-0.25, -0.2) is 0 Å². The third-order valence-corrected chi connectivity index (χ3v) is 3.58. The Morgan fingerprint density at radius 1 is 1.42 bits per heavy atom. The van der Waals surface area contributed by atoms with Crippen molar-refractivity contribution in [3.8, 4) is 0 Å². The molecule has 3 heteroatoms. The summed E-state index contributed by atoms with van der Waals surface area (Å²) >= 11 is 0. The van der Waals surface area contributed by atoms with E-state index in [9.17, 15) is 5.11 Å². The fourth-order valence-corrected chi connectivity index (χ4v) is 2.31. The Labute approximate surface area is 118 Å². The maximum Gasteiger partial charge on any atom is 0.160 e. The lowest BCUT2D eigenvalue weighted by Gasteiger charge is -2.26. The molecule has 1 N–H and O–H groups in total. The van der Waals surface area contributed by atoms with Gasteiger partial charge in [-0.05, 0) is 51.9 Å². The fourth-order valence-electron chi connectivity index (χ4n) is 2.31. The Morgan fingerprint density at radius 3 is 2.89 bits per heavy atom. The number of allylic oxidation sites excluding steroid dienone is 2. The van der Waals surface area contributed by atoms with Crippen molar-refractivity contribution in [2.45, 2.75) is 71.7 Å². The molecule has 0 bridgehead atoms. The van der Waals surface area contributed by atoms with E-state index in [0.29, 0.717) is 13.0 Å². The standard InChI is InChI=1S/C16H30O3/c1-13(2)6-4-7-14(3)8-5-10-18-16-12-15(17)9-11-19-16/h6,14-17H,4-5,7-12H2,1-3H3. The summed E-state index contributed by atoms with van der Waals surface area (Å²) in [6.45, 7) is 7.96. The average molecular weight is 270 g/mol. The van der Waals surface area contributed by atoms with E-state index < -0.39 is 0 Å². The SMILES string of the molecule is CC(C)=CCCC(C)CCCOC1CC(O)CCO1. The van der Waals surface area contributed by atoms with Crippen LogP contribution in [0.2, 0.25) is 0 Å². The first kappa shape index (κ1) is 16.7. The summed E-state index contributed by atoms with van der Waals surface area (Å²) in [6, 6.07) is 0. The van der Waals surface area contributed by atoms with Crippen LogP contribution in [0.4, 0.5) is 0 Å². The van der Waals surface area contributed by atoms with Crippen LogP contribution in [0.5, 0.6) is 0 Å². The summed E-state index contributed by atoms with van der Waals surface area (Å²) < 4.78 is 11.1. The highest BCUT2D eigenvalue weighted by molar-refractivity contribution is 4.92. The molecule has 0 aromatic heterocycles. The predicted molar refractivity (Wildman–Crippen MR) is 78.0 cm³/mol. The van der Waals surface area contributed by atoms with Gasteiger partial charge in [-0.2, -0.15) is 0 Å². The molecule has 1 fully saturated rings. The van der Waals surface area contributed by atoms with Gasteiger partial charge in [0.15, 0.2) is 6.29 Å². The molecule has 0 aromatic carbocycles. The average Bonchev–Trinajstić information content (AvgIpc) is 2.34. The van der Waals surface area contributed by atoms with E-state index in [1.54, 1.807) is 0 Å². The van der Waals surface area contributed by atoms with Crippen LogP contribution in [0.25, 0.3) is 0 Å². The van der Waals surface area contributed by atoms with Gasteiger partial charge in [-0.15, -0.1) is 0 Å². The Hall–Kier alpha value is -0.380. The predicted octanol–water partition coefficient (Wildman–Crippen LogP) is 3.66. The molecular formula is C16H30O3. The van der Waals surface area contributed by atoms with Crippen molar-refractivity contribution in [2.24, 2.45) is 5.92 Å². The minimum Gasteiger partial charge on any atom is -0.393 e. The van der Waals surface area contributed by atoms with Crippen LogP contribution in [0.3, 0.4) is 0 Å². The van der Waals surface area contributed by atoms with Crippen molar-refractivity contribution in [2.75, 3.05) is 13.2 Å². The molecule has 3 atom stereocenters. The summed E-state index contributed by atoms with van der Waals surface area (Å²) in [7, 11) is 0. The number of aliphatic hydroxyl groups is 1. The molecule has 1 saturated heterocycles. The van der Waals surface area contributed by atoms with E-state index in [0.717, 1.165) is 25.4 Å². The second-order valence-corrected chi connectivity index (χ2v) is 5.96. The van der Waals surface area contributed by atoms with E-state index in [1.165, 1.54) is 24.8 Å². The molecular weight excluding hydrogens is 240 g/mol. The number of rotatable bonds is 8. The molecule has 1 heterocycles. The van der Waals surface area contributed by atoms with E-state index >= 15 is 0 Å². The molecule has 19 heavy (non-hydrogen) atoms. The smallest absolute Gasteiger partial charge is 0.160 e. The van der Waals surface area contributed by atoms with Gasteiger partial charge in [-0.1, -0.05) is 18.6 Å². The third kappa shape index (κ3) is 8.40. The zero-order chi connectivity index (χ0) is 14.1. The Balaban J connectivity index is 1.99. The molecule has 0 aromatic rings. The normalized spacial score (nSPS) is 25.1. The summed E-state index contributed by atoms with van der Waals surface area (Å²) in [6.07, 6.45) is 7.94. The fraction of sp³-hybridized carbons (Fsp3) is 0.875. The van der Waals surface area contributed by atoms with Crippen LogP contribution in [0, 0.1) is 5.92 Å². The van der Waals surface area contributed by atoms with Crippen molar-refractivity contribution in [3.05, 3.63) is 11.6 Å². The highest BCUT2D eigenvalue weighted by Gasteiger charge is 2.20. The van der Waals surface area contributed by atoms with Crippen LogP contribution in [0.15, 0.2) is 11.6 Å². The van der Waals surface area contributed by atoms with Crippen LogP contribution in [-0.4, -0.2) is 30.7 Å². The van der Waals surface area contributed by atoms with Crippen molar-refractivity contribution in [1.29, 1.82) is 0 Å². The number of hydrogen-bond donors (Lipinski definition) is 1. The topological polar surface area (TPSA) is 38.7 Å². The molecule has 0 spiro atoms. The zero-order valence-corrected chi connectivity index (χ0v) is 12.7. The third-order valence-electron chi connectivity index (χ3n) is 3.58. The minimum absolute atomic E-state index is 0.190. The van der Waals surface area contributed by atoms with E-state index in [4.69, 9.17) is 9.47 Å². The lowest BCUT2D eigenvalue weighted by atomic mass is 9.99. The van der Waals surface area contributed by atoms with Gasteiger partial charge < -0.3 is 14.6 Å². The van der Waals surface area contributed by atoms with Gasteiger partial charge in [0, 0.05) is 13.0 Å². The van der Waals surface area contributed by atoms with Crippen LogP contribution < -0.4 is 0 Å². The molecule has 0 amide bonds. The Morgan fingerprint density at radius 2 is 2.21 bits per heavy atom. The van der Waals surface area contributed by atoms with E-state index in [2.05, 4.69) is 26.8 Å². The van der Waals surface area contributed by atoms with Crippen LogP contribution >= 0.6 is 0 Å². The van der Waals surface area contributed by atoms with Gasteiger partial charge in [0.25, 0.3) is 0 Å². The molecule has 3 unspecified atom stereocenters. The maximum absolute atomic E-state index is 9.50. The first-order valence-corrected chi connectivity index (χ1v) is 7.62. The molecule has 112 valence electrons. The molecule has 0 radical (unpaired) electrons. The second kappa shape index (κ2) is 9.51. The molecule has 1 rings (SSSR count). The lowest BCUT2D eigenvalue weighted by molar-refractivity contribution is -0.185. The van der Waals surface area contributed by atoms with Crippen LogP contribution in [-0.2, 0) is 9.47 Å². The first-order chi connectivity index (χ1) is 9.08. The molecule has 1 aliphatic heterocycles. The Kier molecular flexibility index (Phi) is 8.35. The monoisotopic (exact) mass is 270 g/mol. The molecule has 1 aliphatic rings. The van der Waals surface area contributed by atoms with Crippen molar-refractivity contribution in [3.63, 3.8) is 0 Å². The summed E-state index contributed by atoms with van der Waals surface area (Å²) in [5.74, 6) is 0.747. The zero-order valence-electron chi connectivity index (χ0n) is 12.7. The summed E-state index contributed by atoms with van der Waals surface area (Å²) in [5, 5.41) is 9.50. The largest absolute Gasteiger partial charge is 0.393 e. The highest BCUT2D eigenvalue weighted by Crippen LogP contribution is 2.17. The van der Waals surface area contributed by atoms with Crippen molar-refractivity contribution < 1.29 is 14.6 Å². The maximum atomic E-state index is 9.50. The summed E-state index contributed by atoms with van der Waals surface area (Å²) in [4.78, 5) is 0. The van der Waals surface area contributed by atoms with Crippen LogP contribution in [0.1, 0.15) is 59.3 Å². The molecule has 3 nitrogen and oxygen atoms in total. The van der Waals surface area contributed by atoms with Gasteiger partial charge in [-0.3, -0.25) is 0 Å². The van der Waals surface area contributed by atoms with Gasteiger partial charge >= 0.3 is 0 Å². The van der Waals surface area contributed by atoms with E-state index in [-0.39, 0.29) is 12.4 Å². The number of aliphatic hydroxyl groups excluding tert-OH is 1. The van der Waals surface area contributed by atoms with Crippen molar-refractivity contribution >= 4 is 0 Å².